The van der Waals surface area contributed by atoms with Crippen LogP contribution in [0.1, 0.15) is 50.1 Å². The number of pyridine rings is 1. The van der Waals surface area contributed by atoms with Gasteiger partial charge in [0.15, 0.2) is 0 Å². The Balaban J connectivity index is 1.42. The molecule has 9 nitrogen and oxygen atoms in total. The molecule has 5 rings (SSSR count). The molecule has 1 aliphatic carbocycles. The number of anilines is 2. The minimum Gasteiger partial charge on any atom is -0.396 e. The van der Waals surface area contributed by atoms with Crippen LogP contribution in [-0.2, 0) is 10.0 Å². The number of aliphatic hydroxyl groups is 1. The van der Waals surface area contributed by atoms with Crippen LogP contribution >= 0.6 is 11.6 Å². The molecule has 1 saturated carbocycles. The van der Waals surface area contributed by atoms with E-state index in [1.165, 1.54) is 4.31 Å². The number of halogens is 1. The number of aryl methyl sites for hydroxylation is 1. The lowest BCUT2D eigenvalue weighted by Crippen LogP contribution is -2.39. The highest BCUT2D eigenvalue weighted by molar-refractivity contribution is 7.89. The van der Waals surface area contributed by atoms with E-state index in [0.29, 0.717) is 48.6 Å². The number of aliphatic hydroxyl groups excluding tert-OH is 1. The number of aromatic nitrogens is 3. The lowest BCUT2D eigenvalue weighted by atomic mass is 10.00. The summed E-state index contributed by atoms with van der Waals surface area (Å²) < 4.78 is 29.5. The van der Waals surface area contributed by atoms with Crippen LogP contribution in [0.25, 0.3) is 11.0 Å². The zero-order chi connectivity index (χ0) is 25.4. The van der Waals surface area contributed by atoms with Crippen molar-refractivity contribution in [1.29, 1.82) is 0 Å². The fraction of sp³-hybridized carbons (Fsp3) is 0.480. The molecule has 0 bridgehead atoms. The van der Waals surface area contributed by atoms with Gasteiger partial charge in [0.2, 0.25) is 16.0 Å². The Labute approximate surface area is 215 Å². The average Bonchev–Trinajstić information content (AvgIpc) is 3.40. The number of benzene rings is 1. The van der Waals surface area contributed by atoms with E-state index in [1.807, 2.05) is 6.92 Å². The molecule has 0 amide bonds. The van der Waals surface area contributed by atoms with Gasteiger partial charge in [-0.05, 0) is 68.4 Å². The second-order valence-electron chi connectivity index (χ2n) is 9.71. The molecule has 3 heterocycles. The van der Waals surface area contributed by atoms with Crippen LogP contribution < -0.4 is 10.9 Å². The molecular formula is C25H30ClN5O4S. The van der Waals surface area contributed by atoms with Gasteiger partial charge < -0.3 is 10.4 Å². The van der Waals surface area contributed by atoms with Gasteiger partial charge in [0.05, 0.1) is 4.90 Å². The summed E-state index contributed by atoms with van der Waals surface area (Å²) in [6.07, 6.45) is 6.91. The third kappa shape index (κ3) is 4.74. The Hall–Kier alpha value is -2.53. The van der Waals surface area contributed by atoms with Crippen LogP contribution in [0.3, 0.4) is 0 Å². The van der Waals surface area contributed by atoms with Gasteiger partial charge in [-0.1, -0.05) is 24.4 Å². The molecule has 0 unspecified atom stereocenters. The van der Waals surface area contributed by atoms with Gasteiger partial charge in [0, 0.05) is 43.0 Å². The average molecular weight is 532 g/mol. The van der Waals surface area contributed by atoms with Crippen LogP contribution in [0.4, 0.5) is 11.6 Å². The minimum atomic E-state index is -3.62. The van der Waals surface area contributed by atoms with Gasteiger partial charge in [-0.15, -0.1) is 0 Å². The van der Waals surface area contributed by atoms with Crippen LogP contribution in [0.2, 0.25) is 5.02 Å². The number of fused-ring (bicyclic) bond motifs is 1. The highest BCUT2D eigenvalue weighted by Gasteiger charge is 2.29. The summed E-state index contributed by atoms with van der Waals surface area (Å²) in [7, 11) is -3.62. The Kier molecular flexibility index (Phi) is 7.04. The van der Waals surface area contributed by atoms with Gasteiger partial charge in [-0.3, -0.25) is 9.36 Å². The fourth-order valence-electron chi connectivity index (χ4n) is 5.19. The van der Waals surface area contributed by atoms with Gasteiger partial charge >= 0.3 is 0 Å². The predicted octanol–water partition coefficient (Wildman–Crippen LogP) is 4.01. The maximum absolute atomic E-state index is 13.1. The molecule has 1 aliphatic heterocycles. The number of piperidine rings is 1. The van der Waals surface area contributed by atoms with Crippen LogP contribution in [-0.4, -0.2) is 52.1 Å². The smallest absolute Gasteiger partial charge is 0.271 e. The second-order valence-corrected chi connectivity index (χ2v) is 12.1. The number of hydrogen-bond donors (Lipinski definition) is 2. The van der Waals surface area contributed by atoms with Crippen molar-refractivity contribution in [1.82, 2.24) is 18.8 Å². The number of rotatable bonds is 6. The van der Waals surface area contributed by atoms with Gasteiger partial charge in [0.1, 0.15) is 10.7 Å². The molecule has 2 fully saturated rings. The lowest BCUT2D eigenvalue weighted by Gasteiger charge is -2.30. The summed E-state index contributed by atoms with van der Waals surface area (Å²) in [5.41, 5.74) is 1.71. The highest BCUT2D eigenvalue weighted by Crippen LogP contribution is 2.32. The topological polar surface area (TPSA) is 117 Å². The van der Waals surface area contributed by atoms with Crippen molar-refractivity contribution >= 4 is 44.3 Å². The molecule has 36 heavy (non-hydrogen) atoms. The van der Waals surface area contributed by atoms with E-state index in [-0.39, 0.29) is 34.0 Å². The number of hydrogen-bond acceptors (Lipinski definition) is 7. The molecule has 11 heteroatoms. The molecule has 3 aromatic rings. The Morgan fingerprint density at radius 2 is 1.86 bits per heavy atom. The molecule has 1 saturated heterocycles. The lowest BCUT2D eigenvalue weighted by molar-refractivity contribution is 0.170. The van der Waals surface area contributed by atoms with Crippen LogP contribution in [0, 0.1) is 12.8 Å². The van der Waals surface area contributed by atoms with Crippen molar-refractivity contribution in [3.05, 3.63) is 51.4 Å². The van der Waals surface area contributed by atoms with Gasteiger partial charge in [0.25, 0.3) is 5.56 Å². The van der Waals surface area contributed by atoms with E-state index in [9.17, 15) is 18.3 Å². The molecule has 0 atom stereocenters. The van der Waals surface area contributed by atoms with Crippen LogP contribution in [0.15, 0.2) is 40.2 Å². The van der Waals surface area contributed by atoms with Crippen molar-refractivity contribution in [2.75, 3.05) is 25.0 Å². The molecule has 192 valence electrons. The van der Waals surface area contributed by atoms with E-state index in [4.69, 9.17) is 11.6 Å². The standard InChI is InChI=1S/C25H30ClN5O4S/c1-16-12-20(36(34,35)30-10-8-17(15-32)9-11-30)6-7-22(16)28-25-27-14-18-13-21(26)24(33)31(23(18)29-25)19-4-2-3-5-19/h6-7,12-14,17,19,32H,2-5,8-11,15H2,1H3,(H,27,28,29). The van der Waals surface area contributed by atoms with E-state index in [0.717, 1.165) is 31.2 Å². The molecule has 2 aromatic heterocycles. The number of sulfonamides is 1. The molecule has 0 radical (unpaired) electrons. The fourth-order valence-corrected chi connectivity index (χ4v) is 6.95. The summed E-state index contributed by atoms with van der Waals surface area (Å²) in [5.74, 6) is 0.480. The van der Waals surface area contributed by atoms with Crippen molar-refractivity contribution in [3.8, 4) is 0 Å². The van der Waals surface area contributed by atoms with E-state index < -0.39 is 10.0 Å². The molecule has 1 aromatic carbocycles. The maximum Gasteiger partial charge on any atom is 0.271 e. The first-order valence-electron chi connectivity index (χ1n) is 12.3. The molecule has 2 aliphatic rings. The Bertz CT molecular complexity index is 1440. The summed E-state index contributed by atoms with van der Waals surface area (Å²) in [6, 6.07) is 6.60. The summed E-state index contributed by atoms with van der Waals surface area (Å²) in [6.45, 7) is 2.73. The zero-order valence-electron chi connectivity index (χ0n) is 20.2. The van der Waals surface area contributed by atoms with Crippen molar-refractivity contribution < 1.29 is 13.5 Å². The summed E-state index contributed by atoms with van der Waals surface area (Å²) in [4.78, 5) is 22.2. The third-order valence-corrected chi connectivity index (χ3v) is 9.50. The van der Waals surface area contributed by atoms with E-state index >= 15 is 0 Å². The number of nitrogens with one attached hydrogen (secondary N) is 1. The quantitative estimate of drug-likeness (QED) is 0.493. The minimum absolute atomic E-state index is 0.0649. The first-order valence-corrected chi connectivity index (χ1v) is 14.2. The summed E-state index contributed by atoms with van der Waals surface area (Å²) in [5, 5.41) is 13.4. The van der Waals surface area contributed by atoms with Crippen molar-refractivity contribution in [2.45, 2.75) is 56.4 Å². The normalized spacial score (nSPS) is 18.2. The molecule has 0 spiro atoms. The maximum atomic E-state index is 13.1. The SMILES string of the molecule is Cc1cc(S(=O)(=O)N2CCC(CO)CC2)ccc1Nc1ncc2cc(Cl)c(=O)n(C3CCCC3)c2n1. The van der Waals surface area contributed by atoms with Gasteiger partial charge in [-0.2, -0.15) is 9.29 Å². The van der Waals surface area contributed by atoms with Crippen LogP contribution in [0.5, 0.6) is 0 Å². The van der Waals surface area contributed by atoms with Gasteiger partial charge in [-0.25, -0.2) is 13.4 Å². The van der Waals surface area contributed by atoms with Crippen molar-refractivity contribution in [3.63, 3.8) is 0 Å². The van der Waals surface area contributed by atoms with E-state index in [2.05, 4.69) is 15.3 Å². The first kappa shape index (κ1) is 25.1. The Morgan fingerprint density at radius 1 is 1.14 bits per heavy atom. The third-order valence-electron chi connectivity index (χ3n) is 7.33. The highest BCUT2D eigenvalue weighted by atomic mass is 35.5. The summed E-state index contributed by atoms with van der Waals surface area (Å²) >= 11 is 6.22. The Morgan fingerprint density at radius 3 is 2.53 bits per heavy atom. The second kappa shape index (κ2) is 10.1. The largest absolute Gasteiger partial charge is 0.396 e. The zero-order valence-corrected chi connectivity index (χ0v) is 21.7. The van der Waals surface area contributed by atoms with Crippen molar-refractivity contribution in [2.24, 2.45) is 5.92 Å². The number of nitrogens with zero attached hydrogens (tertiary/aromatic N) is 4. The monoisotopic (exact) mass is 531 g/mol. The molecule has 2 N–H and O–H groups in total. The van der Waals surface area contributed by atoms with E-state index in [1.54, 1.807) is 35.0 Å². The predicted molar refractivity (Wildman–Crippen MR) is 139 cm³/mol. The molecular weight excluding hydrogens is 502 g/mol. The first-order chi connectivity index (χ1) is 17.3.